The van der Waals surface area contributed by atoms with Gasteiger partial charge in [0.2, 0.25) is 0 Å². The van der Waals surface area contributed by atoms with Crippen molar-refractivity contribution in [3.8, 4) is 11.5 Å². The molecule has 6 heteroatoms. The topological polar surface area (TPSA) is 65.0 Å². The number of ether oxygens (including phenoxy) is 3. The average molecular weight is 359 g/mol. The average Bonchev–Trinajstić information content (AvgIpc) is 2.46. The number of carboxylic acid groups (broad SMARTS) is 1. The number of carboxylic acids is 1. The third-order valence-corrected chi connectivity index (χ3v) is 3.25. The van der Waals surface area contributed by atoms with Crippen LogP contribution in [0.15, 0.2) is 22.7 Å². The monoisotopic (exact) mass is 358 g/mol. The summed E-state index contributed by atoms with van der Waals surface area (Å²) in [6.07, 6.45) is 4.38. The number of benzene rings is 1. The van der Waals surface area contributed by atoms with Gasteiger partial charge in [-0.25, -0.2) is 4.79 Å². The van der Waals surface area contributed by atoms with Crippen LogP contribution in [0.3, 0.4) is 0 Å². The summed E-state index contributed by atoms with van der Waals surface area (Å²) in [5, 5.41) is 8.65. The van der Waals surface area contributed by atoms with Gasteiger partial charge in [-0.05, 0) is 52.5 Å². The maximum absolute atomic E-state index is 10.5. The number of unbranched alkanes of at least 4 members (excludes halogenated alkanes) is 1. The highest BCUT2D eigenvalue weighted by atomic mass is 79.9. The lowest BCUT2D eigenvalue weighted by Gasteiger charge is -2.13. The first-order valence-corrected chi connectivity index (χ1v) is 7.28. The molecular formula is C15H19BrO5. The van der Waals surface area contributed by atoms with Crippen molar-refractivity contribution in [1.29, 1.82) is 0 Å². The smallest absolute Gasteiger partial charge is 0.328 e. The van der Waals surface area contributed by atoms with Crippen molar-refractivity contribution in [2.75, 3.05) is 27.4 Å². The van der Waals surface area contributed by atoms with Gasteiger partial charge in [0.15, 0.2) is 11.5 Å². The van der Waals surface area contributed by atoms with Crippen LogP contribution in [0.2, 0.25) is 0 Å². The van der Waals surface area contributed by atoms with Gasteiger partial charge in [-0.2, -0.15) is 0 Å². The third-order valence-electron chi connectivity index (χ3n) is 2.66. The second-order valence-electron chi connectivity index (χ2n) is 4.25. The quantitative estimate of drug-likeness (QED) is 0.541. The highest BCUT2D eigenvalue weighted by Crippen LogP contribution is 2.37. The van der Waals surface area contributed by atoms with Crippen LogP contribution in [0.5, 0.6) is 11.5 Å². The maximum Gasteiger partial charge on any atom is 0.328 e. The Morgan fingerprint density at radius 1 is 1.29 bits per heavy atom. The molecule has 1 aromatic rings. The lowest BCUT2D eigenvalue weighted by Crippen LogP contribution is -2.02. The van der Waals surface area contributed by atoms with E-state index in [0.717, 1.165) is 23.4 Å². The summed E-state index contributed by atoms with van der Waals surface area (Å²) in [5.74, 6) is 0.173. The van der Waals surface area contributed by atoms with E-state index in [9.17, 15) is 4.79 Å². The number of hydrogen-bond donors (Lipinski definition) is 1. The molecule has 0 atom stereocenters. The molecule has 1 aromatic carbocycles. The van der Waals surface area contributed by atoms with Gasteiger partial charge in [0.25, 0.3) is 0 Å². The number of carbonyl (C=O) groups is 1. The van der Waals surface area contributed by atoms with Gasteiger partial charge in [-0.3, -0.25) is 0 Å². The number of halogens is 1. The Morgan fingerprint density at radius 2 is 2.00 bits per heavy atom. The van der Waals surface area contributed by atoms with E-state index in [4.69, 9.17) is 19.3 Å². The van der Waals surface area contributed by atoms with E-state index in [1.807, 2.05) is 0 Å². The lowest BCUT2D eigenvalue weighted by molar-refractivity contribution is -0.131. The predicted octanol–water partition coefficient (Wildman–Crippen LogP) is 3.36. The van der Waals surface area contributed by atoms with Gasteiger partial charge in [0.1, 0.15) is 0 Å². The molecule has 0 fully saturated rings. The molecule has 0 aromatic heterocycles. The van der Waals surface area contributed by atoms with Crippen molar-refractivity contribution < 1.29 is 24.1 Å². The van der Waals surface area contributed by atoms with Crippen molar-refractivity contribution in [2.24, 2.45) is 0 Å². The number of hydrogen-bond acceptors (Lipinski definition) is 4. The Kier molecular flexibility index (Phi) is 7.85. The van der Waals surface area contributed by atoms with E-state index in [1.54, 1.807) is 26.4 Å². The highest BCUT2D eigenvalue weighted by molar-refractivity contribution is 9.10. The molecule has 0 aliphatic rings. The molecule has 0 heterocycles. The molecule has 1 rings (SSSR count). The first-order valence-electron chi connectivity index (χ1n) is 6.48. The van der Waals surface area contributed by atoms with E-state index >= 15 is 0 Å². The fourth-order valence-corrected chi connectivity index (χ4v) is 2.24. The molecule has 5 nitrogen and oxygen atoms in total. The summed E-state index contributed by atoms with van der Waals surface area (Å²) in [7, 11) is 3.22. The Morgan fingerprint density at radius 3 is 2.62 bits per heavy atom. The van der Waals surface area contributed by atoms with Crippen LogP contribution in [0, 0.1) is 0 Å². The lowest BCUT2D eigenvalue weighted by atomic mass is 10.2. The van der Waals surface area contributed by atoms with Gasteiger partial charge in [-0.1, -0.05) is 0 Å². The molecule has 0 aliphatic carbocycles. The van der Waals surface area contributed by atoms with Crippen LogP contribution in [-0.4, -0.2) is 38.5 Å². The maximum atomic E-state index is 10.5. The SMILES string of the molecule is COCCCCOc1c(Br)cc(/C=C/C(=O)O)cc1OC. The van der Waals surface area contributed by atoms with Crippen LogP contribution < -0.4 is 9.47 Å². The van der Waals surface area contributed by atoms with Crippen LogP contribution in [-0.2, 0) is 9.53 Å². The van der Waals surface area contributed by atoms with Crippen molar-refractivity contribution in [3.05, 3.63) is 28.2 Å². The highest BCUT2D eigenvalue weighted by Gasteiger charge is 2.11. The molecule has 0 aliphatic heterocycles. The van der Waals surface area contributed by atoms with E-state index in [-0.39, 0.29) is 0 Å². The summed E-state index contributed by atoms with van der Waals surface area (Å²) in [5.41, 5.74) is 0.716. The Balaban J connectivity index is 2.77. The molecule has 0 saturated carbocycles. The zero-order valence-corrected chi connectivity index (χ0v) is 13.7. The molecule has 0 amide bonds. The van der Waals surface area contributed by atoms with Gasteiger partial charge in [0, 0.05) is 19.8 Å². The van der Waals surface area contributed by atoms with Gasteiger partial charge in [0.05, 0.1) is 18.2 Å². The van der Waals surface area contributed by atoms with Crippen LogP contribution in [0.1, 0.15) is 18.4 Å². The summed E-state index contributed by atoms with van der Waals surface area (Å²) in [4.78, 5) is 10.5. The van der Waals surface area contributed by atoms with Crippen molar-refractivity contribution in [1.82, 2.24) is 0 Å². The van der Waals surface area contributed by atoms with E-state index in [1.165, 1.54) is 6.08 Å². The second kappa shape index (κ2) is 9.41. The molecule has 0 bridgehead atoms. The zero-order valence-electron chi connectivity index (χ0n) is 12.1. The second-order valence-corrected chi connectivity index (χ2v) is 5.11. The summed E-state index contributed by atoms with van der Waals surface area (Å²) >= 11 is 3.42. The van der Waals surface area contributed by atoms with Crippen molar-refractivity contribution in [3.63, 3.8) is 0 Å². The molecular weight excluding hydrogens is 340 g/mol. The van der Waals surface area contributed by atoms with Gasteiger partial charge in [-0.15, -0.1) is 0 Å². The number of rotatable bonds is 9. The molecule has 21 heavy (non-hydrogen) atoms. The molecule has 0 saturated heterocycles. The standard InChI is InChI=1S/C15H19BrO5/c1-19-7-3-4-8-21-15-12(16)9-11(5-6-14(17)18)10-13(15)20-2/h5-6,9-10H,3-4,7-8H2,1-2H3,(H,17,18)/b6-5+. The normalized spacial score (nSPS) is 10.8. The molecule has 0 spiro atoms. The minimum Gasteiger partial charge on any atom is -0.493 e. The van der Waals surface area contributed by atoms with Crippen LogP contribution in [0.25, 0.3) is 6.08 Å². The first kappa shape index (κ1) is 17.5. The molecule has 1 N–H and O–H groups in total. The predicted molar refractivity (Wildman–Crippen MR) is 84.0 cm³/mol. The molecule has 116 valence electrons. The van der Waals surface area contributed by atoms with Crippen molar-refractivity contribution in [2.45, 2.75) is 12.8 Å². The molecule has 0 unspecified atom stereocenters. The first-order chi connectivity index (χ1) is 10.1. The minimum atomic E-state index is -0.997. The third kappa shape index (κ3) is 6.18. The van der Waals surface area contributed by atoms with Gasteiger partial charge >= 0.3 is 5.97 Å². The van der Waals surface area contributed by atoms with Crippen molar-refractivity contribution >= 4 is 28.0 Å². The Hall–Kier alpha value is -1.53. The fourth-order valence-electron chi connectivity index (χ4n) is 1.67. The zero-order chi connectivity index (χ0) is 15.7. The van der Waals surface area contributed by atoms with E-state index in [0.29, 0.717) is 30.3 Å². The largest absolute Gasteiger partial charge is 0.493 e. The fraction of sp³-hybridized carbons (Fsp3) is 0.400. The number of methoxy groups -OCH3 is 2. The van der Waals surface area contributed by atoms with E-state index in [2.05, 4.69) is 15.9 Å². The van der Waals surface area contributed by atoms with Gasteiger partial charge < -0.3 is 19.3 Å². The summed E-state index contributed by atoms with van der Waals surface area (Å²) < 4.78 is 16.7. The molecule has 0 radical (unpaired) electrons. The van der Waals surface area contributed by atoms with E-state index < -0.39 is 5.97 Å². The Labute approximate surface area is 132 Å². The minimum absolute atomic E-state index is 0.557. The van der Waals surface area contributed by atoms with Crippen LogP contribution in [0.4, 0.5) is 0 Å². The summed E-state index contributed by atoms with van der Waals surface area (Å²) in [6, 6.07) is 3.52. The van der Waals surface area contributed by atoms with Crippen LogP contribution >= 0.6 is 15.9 Å². The number of aliphatic carboxylic acids is 1. The Bertz CT molecular complexity index is 499. The summed E-state index contributed by atoms with van der Waals surface area (Å²) in [6.45, 7) is 1.27.